The molecule has 1 aliphatic heterocycles. The fraction of sp³-hybridized carbons (Fsp3) is 0.462. The van der Waals surface area contributed by atoms with Crippen LogP contribution >= 0.6 is 15.9 Å². The van der Waals surface area contributed by atoms with E-state index in [2.05, 4.69) is 27.8 Å². The third-order valence-electron chi connectivity index (χ3n) is 3.56. The molecule has 0 saturated carbocycles. The maximum absolute atomic E-state index is 14.3. The van der Waals surface area contributed by atoms with Crippen LogP contribution in [0, 0.1) is 17.1 Å². The van der Waals surface area contributed by atoms with Gasteiger partial charge < -0.3 is 10.6 Å². The van der Waals surface area contributed by atoms with E-state index in [4.69, 9.17) is 11.1 Å². The van der Waals surface area contributed by atoms with Gasteiger partial charge in [-0.2, -0.15) is 0 Å². The molecule has 3 nitrogen and oxygen atoms in total. The Balaban J connectivity index is 2.30. The zero-order chi connectivity index (χ0) is 13.3. The molecule has 0 bridgehead atoms. The normalized spacial score (nSPS) is 19.3. The summed E-state index contributed by atoms with van der Waals surface area (Å²) in [4.78, 5) is 2.07. The SMILES string of the molecule is CCC1CCN(c2ccc(C(=N)N)c(Br)c2F)C1. The van der Waals surface area contributed by atoms with E-state index >= 15 is 0 Å². The Morgan fingerprint density at radius 3 is 2.89 bits per heavy atom. The summed E-state index contributed by atoms with van der Waals surface area (Å²) in [5.74, 6) is 0.204. The van der Waals surface area contributed by atoms with Crippen LogP contribution < -0.4 is 10.6 Å². The van der Waals surface area contributed by atoms with Gasteiger partial charge in [0.1, 0.15) is 5.84 Å². The van der Waals surface area contributed by atoms with Gasteiger partial charge in [-0.05, 0) is 40.4 Å². The molecule has 1 saturated heterocycles. The molecule has 98 valence electrons. The molecule has 1 aromatic carbocycles. The number of nitrogen functional groups attached to an aromatic ring is 1. The summed E-state index contributed by atoms with van der Waals surface area (Å²) in [6, 6.07) is 3.42. The Kier molecular flexibility index (Phi) is 3.90. The topological polar surface area (TPSA) is 53.1 Å². The molecule has 5 heteroatoms. The molecule has 0 aromatic heterocycles. The molecule has 0 spiro atoms. The second-order valence-corrected chi connectivity index (χ2v) is 5.48. The van der Waals surface area contributed by atoms with Crippen molar-refractivity contribution in [2.75, 3.05) is 18.0 Å². The van der Waals surface area contributed by atoms with Gasteiger partial charge in [-0.15, -0.1) is 0 Å². The van der Waals surface area contributed by atoms with Crippen LogP contribution in [0.3, 0.4) is 0 Å². The van der Waals surface area contributed by atoms with E-state index in [1.54, 1.807) is 12.1 Å². The molecule has 1 fully saturated rings. The summed E-state index contributed by atoms with van der Waals surface area (Å²) in [6.07, 6.45) is 2.24. The predicted molar refractivity (Wildman–Crippen MR) is 75.7 cm³/mol. The molecule has 0 aliphatic carbocycles. The van der Waals surface area contributed by atoms with E-state index in [1.807, 2.05) is 0 Å². The first-order valence-electron chi connectivity index (χ1n) is 6.12. The average Bonchev–Trinajstić information content (AvgIpc) is 2.80. The van der Waals surface area contributed by atoms with Gasteiger partial charge in [0.15, 0.2) is 5.82 Å². The molecule has 1 unspecified atom stereocenters. The zero-order valence-corrected chi connectivity index (χ0v) is 11.9. The van der Waals surface area contributed by atoms with Gasteiger partial charge in [0.2, 0.25) is 0 Å². The summed E-state index contributed by atoms with van der Waals surface area (Å²) in [6.45, 7) is 3.96. The quantitative estimate of drug-likeness (QED) is 0.665. The second kappa shape index (κ2) is 5.26. The maximum Gasteiger partial charge on any atom is 0.161 e. The molecule has 1 atom stereocenters. The van der Waals surface area contributed by atoms with Crippen LogP contribution in [0.15, 0.2) is 16.6 Å². The van der Waals surface area contributed by atoms with Gasteiger partial charge in [-0.3, -0.25) is 5.41 Å². The average molecular weight is 314 g/mol. The fourth-order valence-corrected chi connectivity index (χ4v) is 2.93. The summed E-state index contributed by atoms with van der Waals surface area (Å²) in [5, 5.41) is 7.38. The Labute approximate surface area is 115 Å². The van der Waals surface area contributed by atoms with Crippen molar-refractivity contribution in [2.24, 2.45) is 11.7 Å². The molecule has 1 aliphatic rings. The highest BCUT2D eigenvalue weighted by atomic mass is 79.9. The highest BCUT2D eigenvalue weighted by Gasteiger charge is 2.24. The minimum Gasteiger partial charge on any atom is -0.384 e. The minimum atomic E-state index is -0.320. The Morgan fingerprint density at radius 1 is 1.61 bits per heavy atom. The van der Waals surface area contributed by atoms with Crippen molar-refractivity contribution in [3.8, 4) is 0 Å². The van der Waals surface area contributed by atoms with Crippen molar-refractivity contribution >= 4 is 27.5 Å². The van der Waals surface area contributed by atoms with Crippen molar-refractivity contribution in [1.29, 1.82) is 5.41 Å². The van der Waals surface area contributed by atoms with Crippen LogP contribution in [-0.4, -0.2) is 18.9 Å². The number of anilines is 1. The number of amidine groups is 1. The lowest BCUT2D eigenvalue weighted by molar-refractivity contribution is 0.566. The van der Waals surface area contributed by atoms with Crippen molar-refractivity contribution in [2.45, 2.75) is 19.8 Å². The fourth-order valence-electron chi connectivity index (χ4n) is 2.38. The molecule has 2 rings (SSSR count). The Morgan fingerprint density at radius 2 is 2.33 bits per heavy atom. The van der Waals surface area contributed by atoms with Gasteiger partial charge in [0.05, 0.1) is 10.2 Å². The van der Waals surface area contributed by atoms with Crippen LogP contribution in [0.4, 0.5) is 10.1 Å². The van der Waals surface area contributed by atoms with Crippen LogP contribution in [0.25, 0.3) is 0 Å². The summed E-state index contributed by atoms with van der Waals surface area (Å²) < 4.78 is 14.5. The first-order chi connectivity index (χ1) is 8.54. The molecular formula is C13H17BrFN3. The lowest BCUT2D eigenvalue weighted by Gasteiger charge is -2.20. The van der Waals surface area contributed by atoms with Crippen molar-refractivity contribution in [3.63, 3.8) is 0 Å². The van der Waals surface area contributed by atoms with Crippen molar-refractivity contribution in [1.82, 2.24) is 0 Å². The van der Waals surface area contributed by atoms with E-state index in [9.17, 15) is 4.39 Å². The minimum absolute atomic E-state index is 0.125. The van der Waals surface area contributed by atoms with Gasteiger partial charge in [-0.1, -0.05) is 13.3 Å². The monoisotopic (exact) mass is 313 g/mol. The van der Waals surface area contributed by atoms with Gasteiger partial charge in [-0.25, -0.2) is 4.39 Å². The third-order valence-corrected chi connectivity index (χ3v) is 4.33. The summed E-state index contributed by atoms with van der Waals surface area (Å²) in [5.41, 5.74) is 6.41. The van der Waals surface area contributed by atoms with E-state index in [0.717, 1.165) is 25.9 Å². The highest BCUT2D eigenvalue weighted by Crippen LogP contribution is 2.32. The van der Waals surface area contributed by atoms with E-state index in [0.29, 0.717) is 17.2 Å². The molecule has 3 N–H and O–H groups in total. The molecule has 0 amide bonds. The van der Waals surface area contributed by atoms with E-state index in [-0.39, 0.29) is 16.1 Å². The first kappa shape index (κ1) is 13.3. The summed E-state index contributed by atoms with van der Waals surface area (Å²) >= 11 is 3.19. The highest BCUT2D eigenvalue weighted by molar-refractivity contribution is 9.10. The lowest BCUT2D eigenvalue weighted by atomic mass is 10.1. The van der Waals surface area contributed by atoms with Crippen molar-refractivity contribution < 1.29 is 4.39 Å². The number of rotatable bonds is 3. The predicted octanol–water partition coefficient (Wildman–Crippen LogP) is 3.11. The number of hydrogen-bond donors (Lipinski definition) is 2. The van der Waals surface area contributed by atoms with E-state index in [1.165, 1.54) is 0 Å². The second-order valence-electron chi connectivity index (χ2n) is 4.68. The lowest BCUT2D eigenvalue weighted by Crippen LogP contribution is -2.22. The molecule has 1 heterocycles. The van der Waals surface area contributed by atoms with Gasteiger partial charge in [0.25, 0.3) is 0 Å². The number of nitrogens with one attached hydrogen (secondary N) is 1. The van der Waals surface area contributed by atoms with Crippen molar-refractivity contribution in [3.05, 3.63) is 28.0 Å². The largest absolute Gasteiger partial charge is 0.384 e. The smallest absolute Gasteiger partial charge is 0.161 e. The van der Waals surface area contributed by atoms with Crippen LogP contribution in [0.1, 0.15) is 25.3 Å². The molecular weight excluding hydrogens is 297 g/mol. The number of hydrogen-bond acceptors (Lipinski definition) is 2. The van der Waals surface area contributed by atoms with Crippen LogP contribution in [0.2, 0.25) is 0 Å². The number of nitrogens with two attached hydrogens (primary N) is 1. The molecule has 18 heavy (non-hydrogen) atoms. The molecule has 0 radical (unpaired) electrons. The standard InChI is InChI=1S/C13H17BrFN3/c1-2-8-5-6-18(7-8)10-4-3-9(13(16)17)11(14)12(10)15/h3-4,8H,2,5-7H2,1H3,(H3,16,17). The first-order valence-corrected chi connectivity index (χ1v) is 6.91. The zero-order valence-electron chi connectivity index (χ0n) is 10.3. The third kappa shape index (κ3) is 2.36. The van der Waals surface area contributed by atoms with Crippen LogP contribution in [-0.2, 0) is 0 Å². The Hall–Kier alpha value is -1.10. The van der Waals surface area contributed by atoms with Gasteiger partial charge in [0, 0.05) is 18.7 Å². The number of nitrogens with zero attached hydrogens (tertiary/aromatic N) is 1. The van der Waals surface area contributed by atoms with E-state index < -0.39 is 0 Å². The van der Waals surface area contributed by atoms with Gasteiger partial charge >= 0.3 is 0 Å². The Bertz CT molecular complexity index is 476. The maximum atomic E-state index is 14.3. The number of halogens is 2. The van der Waals surface area contributed by atoms with Crippen LogP contribution in [0.5, 0.6) is 0 Å². The summed E-state index contributed by atoms with van der Waals surface area (Å²) in [7, 11) is 0. The number of benzene rings is 1. The molecule has 1 aromatic rings.